The van der Waals surface area contributed by atoms with Gasteiger partial charge >= 0.3 is 18.1 Å². The van der Waals surface area contributed by atoms with Gasteiger partial charge in [0, 0.05) is 6.42 Å². The molecule has 7 heteroatoms. The lowest BCUT2D eigenvalue weighted by Crippen LogP contribution is -2.48. The maximum atomic E-state index is 12.2. The van der Waals surface area contributed by atoms with Gasteiger partial charge in [0.15, 0.2) is 0 Å². The van der Waals surface area contributed by atoms with Crippen molar-refractivity contribution in [1.82, 2.24) is 5.32 Å². The maximum absolute atomic E-state index is 12.2. The number of carbonyl (C=O) groups excluding carboxylic acids is 2. The van der Waals surface area contributed by atoms with E-state index in [2.05, 4.69) is 4.74 Å². The van der Waals surface area contributed by atoms with Crippen molar-refractivity contribution in [2.45, 2.75) is 25.6 Å². The number of esters is 1. The number of alkyl halides is 3. The number of ether oxygens (including phenoxy) is 1. The SMILES string of the molecule is CCOC(=O)[C@H](Cc1ccccc1)NC(=O)C(F)(F)F. The Hall–Kier alpha value is -2.05. The standard InChI is InChI=1S/C13H14F3NO3/c1-2-20-11(18)10(17-12(19)13(14,15)16)8-9-6-4-3-5-7-9/h3-7,10H,2,8H2,1H3,(H,17,19)/t10-/m0/s1. The van der Waals surface area contributed by atoms with Crippen molar-refractivity contribution in [3.8, 4) is 0 Å². The van der Waals surface area contributed by atoms with Crippen LogP contribution < -0.4 is 5.32 Å². The van der Waals surface area contributed by atoms with Crippen LogP contribution in [0, 0.1) is 0 Å². The van der Waals surface area contributed by atoms with Crippen molar-refractivity contribution < 1.29 is 27.5 Å². The second-order valence-corrected chi connectivity index (χ2v) is 3.97. The molecule has 1 atom stereocenters. The van der Waals surface area contributed by atoms with Gasteiger partial charge in [0.25, 0.3) is 0 Å². The average molecular weight is 289 g/mol. The van der Waals surface area contributed by atoms with Crippen molar-refractivity contribution in [2.24, 2.45) is 0 Å². The van der Waals surface area contributed by atoms with E-state index in [0.29, 0.717) is 5.56 Å². The highest BCUT2D eigenvalue weighted by molar-refractivity contribution is 5.87. The first-order chi connectivity index (χ1) is 9.34. The molecule has 0 aromatic heterocycles. The van der Waals surface area contributed by atoms with E-state index in [1.165, 1.54) is 6.92 Å². The van der Waals surface area contributed by atoms with Crippen molar-refractivity contribution >= 4 is 11.9 Å². The van der Waals surface area contributed by atoms with Crippen molar-refractivity contribution in [1.29, 1.82) is 0 Å². The third-order valence-electron chi connectivity index (χ3n) is 2.42. The minimum atomic E-state index is -5.04. The zero-order valence-corrected chi connectivity index (χ0v) is 10.7. The largest absolute Gasteiger partial charge is 0.471 e. The Kier molecular flexibility index (Phi) is 5.54. The number of halogens is 3. The molecule has 0 spiro atoms. The molecule has 0 heterocycles. The van der Waals surface area contributed by atoms with Crippen LogP contribution in [-0.2, 0) is 20.7 Å². The van der Waals surface area contributed by atoms with Crippen LogP contribution >= 0.6 is 0 Å². The van der Waals surface area contributed by atoms with Gasteiger partial charge in [-0.05, 0) is 12.5 Å². The van der Waals surface area contributed by atoms with Gasteiger partial charge in [0.2, 0.25) is 0 Å². The van der Waals surface area contributed by atoms with E-state index in [4.69, 9.17) is 0 Å². The van der Waals surface area contributed by atoms with E-state index in [9.17, 15) is 22.8 Å². The summed E-state index contributed by atoms with van der Waals surface area (Å²) < 4.78 is 41.4. The lowest BCUT2D eigenvalue weighted by Gasteiger charge is -2.18. The molecule has 1 aromatic carbocycles. The van der Waals surface area contributed by atoms with Gasteiger partial charge in [-0.25, -0.2) is 4.79 Å². The summed E-state index contributed by atoms with van der Waals surface area (Å²) in [5.41, 5.74) is 0.619. The molecule has 0 saturated heterocycles. The lowest BCUT2D eigenvalue weighted by molar-refractivity contribution is -0.175. The molecule has 0 aliphatic carbocycles. The summed E-state index contributed by atoms with van der Waals surface area (Å²) in [5, 5.41) is 1.65. The van der Waals surface area contributed by atoms with Gasteiger partial charge in [-0.15, -0.1) is 0 Å². The molecule has 0 unspecified atom stereocenters. The van der Waals surface area contributed by atoms with E-state index >= 15 is 0 Å². The highest BCUT2D eigenvalue weighted by Crippen LogP contribution is 2.15. The Morgan fingerprint density at radius 3 is 2.35 bits per heavy atom. The Bertz CT molecular complexity index is 460. The number of hydrogen-bond donors (Lipinski definition) is 1. The summed E-state index contributed by atoms with van der Waals surface area (Å²) in [6.45, 7) is 1.55. The first-order valence-corrected chi connectivity index (χ1v) is 5.92. The van der Waals surface area contributed by atoms with Gasteiger partial charge in [-0.1, -0.05) is 30.3 Å². The number of benzene rings is 1. The molecule has 1 amide bonds. The highest BCUT2D eigenvalue weighted by Gasteiger charge is 2.41. The molecule has 4 nitrogen and oxygen atoms in total. The molecule has 1 rings (SSSR count). The molecule has 0 aliphatic heterocycles. The second kappa shape index (κ2) is 6.93. The molecule has 0 fully saturated rings. The molecular formula is C13H14F3NO3. The van der Waals surface area contributed by atoms with Gasteiger partial charge in [0.05, 0.1) is 6.61 Å². The number of hydrogen-bond acceptors (Lipinski definition) is 3. The summed E-state index contributed by atoms with van der Waals surface area (Å²) in [7, 11) is 0. The second-order valence-electron chi connectivity index (χ2n) is 3.97. The molecule has 1 N–H and O–H groups in total. The van der Waals surface area contributed by atoms with E-state index in [-0.39, 0.29) is 13.0 Å². The molecular weight excluding hydrogens is 275 g/mol. The number of carbonyl (C=O) groups is 2. The minimum Gasteiger partial charge on any atom is -0.464 e. The van der Waals surface area contributed by atoms with E-state index in [0.717, 1.165) is 0 Å². The van der Waals surface area contributed by atoms with E-state index in [1.807, 2.05) is 0 Å². The smallest absolute Gasteiger partial charge is 0.464 e. The van der Waals surface area contributed by atoms with Crippen LogP contribution in [0.25, 0.3) is 0 Å². The molecule has 110 valence electrons. The van der Waals surface area contributed by atoms with Crippen LogP contribution in [0.4, 0.5) is 13.2 Å². The monoisotopic (exact) mass is 289 g/mol. The molecule has 0 radical (unpaired) electrons. The molecule has 20 heavy (non-hydrogen) atoms. The number of rotatable bonds is 5. The van der Waals surface area contributed by atoms with E-state index < -0.39 is 24.1 Å². The van der Waals surface area contributed by atoms with E-state index in [1.54, 1.807) is 35.6 Å². The van der Waals surface area contributed by atoms with Crippen molar-refractivity contribution in [3.63, 3.8) is 0 Å². The Balaban J connectivity index is 2.81. The molecule has 1 aromatic rings. The lowest BCUT2D eigenvalue weighted by atomic mass is 10.1. The molecule has 0 bridgehead atoms. The predicted octanol–water partition coefficient (Wildman–Crippen LogP) is 1.84. The molecule has 0 saturated carbocycles. The third kappa shape index (κ3) is 4.91. The van der Waals surface area contributed by atoms with Gasteiger partial charge in [0.1, 0.15) is 6.04 Å². The molecule has 0 aliphatic rings. The fraction of sp³-hybridized carbons (Fsp3) is 0.385. The summed E-state index contributed by atoms with van der Waals surface area (Å²) in [5.74, 6) is -3.06. The minimum absolute atomic E-state index is 0.0199. The first kappa shape index (κ1) is 16.0. The topological polar surface area (TPSA) is 55.4 Å². The summed E-state index contributed by atoms with van der Waals surface area (Å²) in [6.07, 6.45) is -5.11. The third-order valence-corrected chi connectivity index (χ3v) is 2.42. The van der Waals surface area contributed by atoms with Crippen LogP contribution in [0.1, 0.15) is 12.5 Å². The Labute approximate surface area is 113 Å². The zero-order valence-electron chi connectivity index (χ0n) is 10.7. The van der Waals surface area contributed by atoms with Crippen molar-refractivity contribution in [2.75, 3.05) is 6.61 Å². The van der Waals surface area contributed by atoms with Gasteiger partial charge < -0.3 is 10.1 Å². The highest BCUT2D eigenvalue weighted by atomic mass is 19.4. The van der Waals surface area contributed by atoms with Crippen LogP contribution in [0.3, 0.4) is 0 Å². The van der Waals surface area contributed by atoms with Crippen LogP contribution in [0.2, 0.25) is 0 Å². The number of nitrogens with one attached hydrogen (secondary N) is 1. The fourth-order valence-electron chi connectivity index (χ4n) is 1.53. The Morgan fingerprint density at radius 1 is 1.25 bits per heavy atom. The summed E-state index contributed by atoms with van der Waals surface area (Å²) in [6, 6.07) is 7.02. The zero-order chi connectivity index (χ0) is 15.2. The Morgan fingerprint density at radius 2 is 1.85 bits per heavy atom. The predicted molar refractivity (Wildman–Crippen MR) is 64.8 cm³/mol. The van der Waals surface area contributed by atoms with Crippen LogP contribution in [0.5, 0.6) is 0 Å². The van der Waals surface area contributed by atoms with Gasteiger partial charge in [-0.2, -0.15) is 13.2 Å². The fourth-order valence-corrected chi connectivity index (χ4v) is 1.53. The normalized spacial score (nSPS) is 12.6. The van der Waals surface area contributed by atoms with Crippen molar-refractivity contribution in [3.05, 3.63) is 35.9 Å². The van der Waals surface area contributed by atoms with Crippen LogP contribution in [-0.4, -0.2) is 30.7 Å². The summed E-state index contributed by atoms with van der Waals surface area (Å²) >= 11 is 0. The maximum Gasteiger partial charge on any atom is 0.471 e. The average Bonchev–Trinajstić information content (AvgIpc) is 2.38. The van der Waals surface area contributed by atoms with Crippen LogP contribution in [0.15, 0.2) is 30.3 Å². The summed E-state index contributed by atoms with van der Waals surface area (Å²) in [4.78, 5) is 22.5. The van der Waals surface area contributed by atoms with Gasteiger partial charge in [-0.3, -0.25) is 4.79 Å². The first-order valence-electron chi connectivity index (χ1n) is 5.92. The quantitative estimate of drug-likeness (QED) is 0.842. The number of amides is 1.